The van der Waals surface area contributed by atoms with Gasteiger partial charge in [-0.25, -0.2) is 0 Å². The van der Waals surface area contributed by atoms with Crippen molar-refractivity contribution in [2.24, 2.45) is 0 Å². The van der Waals surface area contributed by atoms with Crippen molar-refractivity contribution in [2.45, 2.75) is 22.1 Å². The van der Waals surface area contributed by atoms with E-state index < -0.39 is 50.1 Å². The second kappa shape index (κ2) is 11.6. The molecule has 1 fully saturated rings. The van der Waals surface area contributed by atoms with Crippen LogP contribution >= 0.6 is 11.8 Å². The average Bonchev–Trinajstić information content (AvgIpc) is 2.81. The fraction of sp³-hybridized carbons (Fsp3) is 0.348. The van der Waals surface area contributed by atoms with Crippen LogP contribution in [-0.4, -0.2) is 63.9 Å². The van der Waals surface area contributed by atoms with Crippen LogP contribution < -0.4 is 4.72 Å². The maximum absolute atomic E-state index is 14.1. The Morgan fingerprint density at radius 1 is 1.03 bits per heavy atom. The normalized spacial score (nSPS) is 15.3. The highest BCUT2D eigenvalue weighted by atomic mass is 32.2. The zero-order valence-corrected chi connectivity index (χ0v) is 21.7. The minimum atomic E-state index is -5.40. The van der Waals surface area contributed by atoms with Crippen LogP contribution in [0.3, 0.4) is 0 Å². The van der Waals surface area contributed by atoms with Crippen molar-refractivity contribution in [1.29, 1.82) is 0 Å². The van der Waals surface area contributed by atoms with Crippen molar-refractivity contribution >= 4 is 39.6 Å². The van der Waals surface area contributed by atoms with Gasteiger partial charge in [0.15, 0.2) is 0 Å². The van der Waals surface area contributed by atoms with Crippen molar-refractivity contribution in [3.63, 3.8) is 0 Å². The number of alkyl halides is 6. The molecular formula is C23H23F6N3O4S2. The highest BCUT2D eigenvalue weighted by Gasteiger charge is 2.46. The summed E-state index contributed by atoms with van der Waals surface area (Å²) in [6.07, 6.45) is -9.26. The standard InChI is InChI=1S/C23H23F6N3O4S2/c1-31(2)38(34,35)30-16-4-3-5-17(14-16)37-18-8-6-15(7-9-19(33)32-10-12-36-13-11-32)20(22(24,25)26)21(18)23(27,28)29/h3-9,14,30H,10-13H2,1-2H3. The number of ether oxygens (including phenoxy) is 1. The van der Waals surface area contributed by atoms with Gasteiger partial charge in [-0.2, -0.15) is 39.1 Å². The molecule has 1 amide bonds. The summed E-state index contributed by atoms with van der Waals surface area (Å²) >= 11 is 0.394. The van der Waals surface area contributed by atoms with Gasteiger partial charge < -0.3 is 9.64 Å². The van der Waals surface area contributed by atoms with Crippen LogP contribution in [0.2, 0.25) is 0 Å². The predicted octanol–water partition coefficient (Wildman–Crippen LogP) is 4.97. The van der Waals surface area contributed by atoms with E-state index in [4.69, 9.17) is 4.74 Å². The molecule has 1 N–H and O–H groups in total. The quantitative estimate of drug-likeness (QED) is 0.368. The van der Waals surface area contributed by atoms with Gasteiger partial charge in [-0.1, -0.05) is 23.9 Å². The Kier molecular flexibility index (Phi) is 9.06. The number of anilines is 1. The number of benzene rings is 2. The molecule has 7 nitrogen and oxygen atoms in total. The van der Waals surface area contributed by atoms with Gasteiger partial charge in [-0.15, -0.1) is 0 Å². The minimum absolute atomic E-state index is 0.00878. The number of morpholine rings is 1. The SMILES string of the molecule is CN(C)S(=O)(=O)Nc1cccc(Sc2ccc(C=CC(=O)N3CCOCC3)c(C(F)(F)F)c2C(F)(F)F)c1. The summed E-state index contributed by atoms with van der Waals surface area (Å²) in [7, 11) is -1.40. The van der Waals surface area contributed by atoms with E-state index in [1.165, 1.54) is 43.3 Å². The van der Waals surface area contributed by atoms with E-state index >= 15 is 0 Å². The molecule has 0 unspecified atom stereocenters. The number of hydrogen-bond donors (Lipinski definition) is 1. The maximum Gasteiger partial charge on any atom is 0.418 e. The summed E-state index contributed by atoms with van der Waals surface area (Å²) in [6.45, 7) is 0.912. The fourth-order valence-corrected chi connectivity index (χ4v) is 5.10. The highest BCUT2D eigenvalue weighted by molar-refractivity contribution is 7.99. The first kappa shape index (κ1) is 29.8. The molecule has 0 radical (unpaired) electrons. The molecule has 2 aromatic carbocycles. The number of carbonyl (C=O) groups is 1. The van der Waals surface area contributed by atoms with Gasteiger partial charge in [0.2, 0.25) is 5.91 Å². The monoisotopic (exact) mass is 583 g/mol. The second-order valence-corrected chi connectivity index (χ2v) is 11.2. The Labute approximate surface area is 219 Å². The first-order valence-corrected chi connectivity index (χ1v) is 13.2. The van der Waals surface area contributed by atoms with E-state index in [2.05, 4.69) is 4.72 Å². The van der Waals surface area contributed by atoms with Crippen LogP contribution in [0.25, 0.3) is 6.08 Å². The van der Waals surface area contributed by atoms with Crippen LogP contribution in [0, 0.1) is 0 Å². The van der Waals surface area contributed by atoms with Gasteiger partial charge in [0.05, 0.1) is 30.0 Å². The van der Waals surface area contributed by atoms with Crippen LogP contribution in [0.1, 0.15) is 16.7 Å². The Bertz CT molecular complexity index is 1310. The van der Waals surface area contributed by atoms with E-state index in [0.29, 0.717) is 11.8 Å². The van der Waals surface area contributed by atoms with E-state index in [-0.39, 0.29) is 36.9 Å². The second-order valence-electron chi connectivity index (χ2n) is 8.19. The van der Waals surface area contributed by atoms with Crippen LogP contribution in [0.5, 0.6) is 0 Å². The molecule has 1 aliphatic rings. The maximum atomic E-state index is 14.1. The van der Waals surface area contributed by atoms with Crippen molar-refractivity contribution in [2.75, 3.05) is 45.1 Å². The molecule has 208 valence electrons. The third-order valence-corrected chi connectivity index (χ3v) is 7.79. The lowest BCUT2D eigenvalue weighted by molar-refractivity contribution is -0.163. The molecule has 2 aromatic rings. The number of hydrogen-bond acceptors (Lipinski definition) is 5. The van der Waals surface area contributed by atoms with Crippen molar-refractivity contribution in [1.82, 2.24) is 9.21 Å². The molecule has 15 heteroatoms. The average molecular weight is 584 g/mol. The van der Waals surface area contributed by atoms with Crippen LogP contribution in [-0.2, 0) is 32.1 Å². The number of halogens is 6. The molecule has 0 spiro atoms. The molecular weight excluding hydrogens is 560 g/mol. The lowest BCUT2D eigenvalue weighted by Crippen LogP contribution is -2.39. The first-order chi connectivity index (χ1) is 17.6. The van der Waals surface area contributed by atoms with Gasteiger partial charge in [-0.3, -0.25) is 9.52 Å². The smallest absolute Gasteiger partial charge is 0.378 e. The van der Waals surface area contributed by atoms with E-state index in [1.807, 2.05) is 0 Å². The van der Waals surface area contributed by atoms with Gasteiger partial charge in [0.25, 0.3) is 0 Å². The van der Waals surface area contributed by atoms with Crippen molar-refractivity contribution in [3.8, 4) is 0 Å². The molecule has 1 aliphatic heterocycles. The van der Waals surface area contributed by atoms with Crippen molar-refractivity contribution < 1.29 is 44.3 Å². The molecule has 3 rings (SSSR count). The van der Waals surface area contributed by atoms with Gasteiger partial charge in [-0.05, 0) is 35.9 Å². The molecule has 0 atom stereocenters. The summed E-state index contributed by atoms with van der Waals surface area (Å²) in [5.41, 5.74) is -4.64. The Morgan fingerprint density at radius 3 is 2.24 bits per heavy atom. The van der Waals surface area contributed by atoms with Gasteiger partial charge >= 0.3 is 22.6 Å². The molecule has 1 saturated heterocycles. The molecule has 1 heterocycles. The third-order valence-electron chi connectivity index (χ3n) is 5.28. The minimum Gasteiger partial charge on any atom is -0.378 e. The predicted molar refractivity (Wildman–Crippen MR) is 130 cm³/mol. The summed E-state index contributed by atoms with van der Waals surface area (Å²) in [5.74, 6) is -0.648. The third kappa shape index (κ3) is 7.42. The van der Waals surface area contributed by atoms with Gasteiger partial charge in [0.1, 0.15) is 0 Å². The Balaban J connectivity index is 2.03. The summed E-state index contributed by atoms with van der Waals surface area (Å²) in [6, 6.07) is 6.98. The molecule has 0 saturated carbocycles. The summed E-state index contributed by atoms with van der Waals surface area (Å²) in [5, 5.41) is 0. The largest absolute Gasteiger partial charge is 0.418 e. The topological polar surface area (TPSA) is 79.0 Å². The van der Waals surface area contributed by atoms with E-state index in [0.717, 1.165) is 28.6 Å². The zero-order valence-electron chi connectivity index (χ0n) is 20.1. The zero-order chi connectivity index (χ0) is 28.3. The number of nitrogens with one attached hydrogen (secondary N) is 1. The van der Waals surface area contributed by atoms with Crippen LogP contribution in [0.15, 0.2) is 52.3 Å². The summed E-state index contributed by atoms with van der Waals surface area (Å²) in [4.78, 5) is 13.0. The van der Waals surface area contributed by atoms with E-state index in [1.54, 1.807) is 0 Å². The number of carbonyl (C=O) groups excluding carboxylic acids is 1. The number of nitrogens with zero attached hydrogens (tertiary/aromatic N) is 2. The lowest BCUT2D eigenvalue weighted by Gasteiger charge is -2.25. The van der Waals surface area contributed by atoms with E-state index in [9.17, 15) is 39.6 Å². The molecule has 0 bridgehead atoms. The Morgan fingerprint density at radius 2 is 1.66 bits per heavy atom. The number of rotatable bonds is 7. The fourth-order valence-electron chi connectivity index (χ4n) is 3.45. The van der Waals surface area contributed by atoms with Crippen molar-refractivity contribution in [3.05, 3.63) is 59.2 Å². The van der Waals surface area contributed by atoms with Crippen LogP contribution in [0.4, 0.5) is 32.0 Å². The number of amides is 1. The summed E-state index contributed by atoms with van der Waals surface area (Å²) < 4.78 is 117. The Hall–Kier alpha value is -2.75. The molecule has 0 aliphatic carbocycles. The molecule has 38 heavy (non-hydrogen) atoms. The van der Waals surface area contributed by atoms with Gasteiger partial charge in [0, 0.05) is 43.1 Å². The first-order valence-electron chi connectivity index (χ1n) is 10.9. The highest BCUT2D eigenvalue weighted by Crippen LogP contribution is 2.48. The molecule has 0 aromatic heterocycles. The lowest BCUT2D eigenvalue weighted by atomic mass is 9.99.